The number of aromatic hydroxyl groups is 1. The molecule has 0 unspecified atom stereocenters. The Morgan fingerprint density at radius 3 is 2.03 bits per heavy atom. The van der Waals surface area contributed by atoms with Gasteiger partial charge in [0.25, 0.3) is 0 Å². The summed E-state index contributed by atoms with van der Waals surface area (Å²) >= 11 is 0. The molecule has 0 spiro atoms. The van der Waals surface area contributed by atoms with Crippen LogP contribution in [0, 0.1) is 0 Å². The standard InChI is InChI=1S/C25H30N10O3/c1-38-20-8-4-18(5-9-20)15-28-23-30-22(31-24(32-23)33-35-16-21(36)29-25(35)37)27-14-17-2-6-19(7-3-17)34-12-10-26-11-13-34/h2-9,16,26,36H,10-15H2,1H3,(H,29,37)(H3,27,28,30,31,32,33). The quantitative estimate of drug-likeness (QED) is 0.181. The number of H-pyrrole nitrogens is 1. The normalized spacial score (nSPS) is 13.2. The Morgan fingerprint density at radius 2 is 1.47 bits per heavy atom. The predicted molar refractivity (Wildman–Crippen MR) is 145 cm³/mol. The van der Waals surface area contributed by atoms with Crippen molar-refractivity contribution in [1.29, 1.82) is 0 Å². The Balaban J connectivity index is 1.30. The molecule has 1 fully saturated rings. The van der Waals surface area contributed by atoms with Gasteiger partial charge in [0.05, 0.1) is 13.3 Å². The molecule has 1 saturated heterocycles. The van der Waals surface area contributed by atoms with E-state index in [0.717, 1.165) is 47.7 Å². The number of nitrogens with zero attached hydrogens (tertiary/aromatic N) is 5. The van der Waals surface area contributed by atoms with Crippen LogP contribution in [0.2, 0.25) is 0 Å². The van der Waals surface area contributed by atoms with Crippen molar-refractivity contribution in [2.24, 2.45) is 0 Å². The Kier molecular flexibility index (Phi) is 7.54. The number of methoxy groups -OCH3 is 1. The van der Waals surface area contributed by atoms with Gasteiger partial charge < -0.3 is 30.7 Å². The van der Waals surface area contributed by atoms with Gasteiger partial charge in [0, 0.05) is 45.0 Å². The molecule has 13 nitrogen and oxygen atoms in total. The molecule has 4 aromatic rings. The van der Waals surface area contributed by atoms with E-state index in [1.165, 1.54) is 11.9 Å². The molecule has 0 amide bonds. The summed E-state index contributed by atoms with van der Waals surface area (Å²) in [5.41, 5.74) is 5.49. The van der Waals surface area contributed by atoms with Crippen molar-refractivity contribution < 1.29 is 9.84 Å². The highest BCUT2D eigenvalue weighted by Crippen LogP contribution is 2.18. The van der Waals surface area contributed by atoms with Gasteiger partial charge in [-0.1, -0.05) is 24.3 Å². The molecule has 38 heavy (non-hydrogen) atoms. The van der Waals surface area contributed by atoms with Crippen molar-refractivity contribution in [1.82, 2.24) is 29.9 Å². The molecule has 2 aromatic heterocycles. The van der Waals surface area contributed by atoms with Crippen LogP contribution in [0.15, 0.2) is 59.5 Å². The monoisotopic (exact) mass is 518 g/mol. The van der Waals surface area contributed by atoms with Crippen molar-refractivity contribution in [3.05, 3.63) is 76.3 Å². The van der Waals surface area contributed by atoms with Gasteiger partial charge in [0.2, 0.25) is 23.7 Å². The fourth-order valence-corrected chi connectivity index (χ4v) is 4.01. The van der Waals surface area contributed by atoms with Gasteiger partial charge in [-0.05, 0) is 35.4 Å². The summed E-state index contributed by atoms with van der Waals surface area (Å²) in [6.45, 7) is 4.92. The largest absolute Gasteiger partial charge is 0.497 e. The highest BCUT2D eigenvalue weighted by atomic mass is 16.5. The van der Waals surface area contributed by atoms with Crippen LogP contribution in [-0.2, 0) is 13.1 Å². The smallest absolute Gasteiger partial charge is 0.347 e. The van der Waals surface area contributed by atoms with E-state index in [4.69, 9.17) is 4.74 Å². The minimum atomic E-state index is -0.560. The molecule has 3 heterocycles. The van der Waals surface area contributed by atoms with Crippen LogP contribution >= 0.6 is 0 Å². The van der Waals surface area contributed by atoms with E-state index >= 15 is 0 Å². The van der Waals surface area contributed by atoms with Gasteiger partial charge >= 0.3 is 5.69 Å². The van der Waals surface area contributed by atoms with E-state index in [1.54, 1.807) is 7.11 Å². The number of aromatic nitrogens is 5. The first-order valence-electron chi connectivity index (χ1n) is 12.2. The Hall–Kier alpha value is -4.78. The average Bonchev–Trinajstić information content (AvgIpc) is 3.27. The summed E-state index contributed by atoms with van der Waals surface area (Å²) in [7, 11) is 1.62. The summed E-state index contributed by atoms with van der Waals surface area (Å²) in [4.78, 5) is 29.9. The summed E-state index contributed by atoms with van der Waals surface area (Å²) in [6.07, 6.45) is 1.20. The van der Waals surface area contributed by atoms with E-state index in [0.29, 0.717) is 25.0 Å². The fraction of sp³-hybridized carbons (Fsp3) is 0.280. The Labute approximate surface area is 218 Å². The van der Waals surface area contributed by atoms with Crippen LogP contribution < -0.4 is 36.7 Å². The van der Waals surface area contributed by atoms with Gasteiger partial charge in [-0.2, -0.15) is 15.0 Å². The summed E-state index contributed by atoms with van der Waals surface area (Å²) in [5, 5.41) is 19.4. The zero-order valence-electron chi connectivity index (χ0n) is 20.9. The lowest BCUT2D eigenvalue weighted by Gasteiger charge is -2.29. The number of imidazole rings is 1. The van der Waals surface area contributed by atoms with E-state index in [2.05, 4.69) is 70.5 Å². The first kappa shape index (κ1) is 24.9. The van der Waals surface area contributed by atoms with Gasteiger partial charge in [-0.25, -0.2) is 9.47 Å². The van der Waals surface area contributed by atoms with Crippen molar-refractivity contribution in [2.45, 2.75) is 13.1 Å². The van der Waals surface area contributed by atoms with E-state index < -0.39 is 5.69 Å². The van der Waals surface area contributed by atoms with Crippen molar-refractivity contribution in [3.63, 3.8) is 0 Å². The molecule has 2 aromatic carbocycles. The zero-order valence-corrected chi connectivity index (χ0v) is 20.9. The number of benzene rings is 2. The second kappa shape index (κ2) is 11.5. The minimum absolute atomic E-state index is 0.120. The van der Waals surface area contributed by atoms with Crippen LogP contribution in [-0.4, -0.2) is 63.0 Å². The number of hydrogen-bond donors (Lipinski definition) is 6. The number of piperazine rings is 1. The van der Waals surface area contributed by atoms with Gasteiger partial charge in [-0.15, -0.1) is 0 Å². The second-order valence-electron chi connectivity index (χ2n) is 8.69. The summed E-state index contributed by atoms with van der Waals surface area (Å²) < 4.78 is 6.26. The molecular formula is C25H30N10O3. The van der Waals surface area contributed by atoms with Crippen molar-refractivity contribution in [2.75, 3.05) is 54.2 Å². The molecule has 6 N–H and O–H groups in total. The molecule has 5 rings (SSSR count). The number of ether oxygens (including phenoxy) is 1. The molecule has 1 aliphatic rings. The number of hydrogen-bond acceptors (Lipinski definition) is 11. The van der Waals surface area contributed by atoms with Gasteiger partial charge in [0.15, 0.2) is 0 Å². The minimum Gasteiger partial charge on any atom is -0.497 e. The molecule has 0 atom stereocenters. The average molecular weight is 519 g/mol. The summed E-state index contributed by atoms with van der Waals surface area (Å²) in [5.74, 6) is 1.24. The van der Waals surface area contributed by atoms with Crippen LogP contribution in [0.25, 0.3) is 0 Å². The molecule has 198 valence electrons. The van der Waals surface area contributed by atoms with E-state index in [1.807, 2.05) is 24.3 Å². The molecule has 0 saturated carbocycles. The maximum atomic E-state index is 12.0. The second-order valence-corrected chi connectivity index (χ2v) is 8.69. The predicted octanol–water partition coefficient (Wildman–Crippen LogP) is 1.58. The van der Waals surface area contributed by atoms with Crippen molar-refractivity contribution in [3.8, 4) is 11.6 Å². The van der Waals surface area contributed by atoms with E-state index in [-0.39, 0.29) is 11.8 Å². The third-order valence-corrected chi connectivity index (χ3v) is 6.04. The fourth-order valence-electron chi connectivity index (χ4n) is 4.01. The zero-order chi connectivity index (χ0) is 26.3. The lowest BCUT2D eigenvalue weighted by molar-refractivity contribution is 0.414. The molecular weight excluding hydrogens is 488 g/mol. The maximum absolute atomic E-state index is 12.0. The lowest BCUT2D eigenvalue weighted by Crippen LogP contribution is -2.43. The highest BCUT2D eigenvalue weighted by molar-refractivity contribution is 5.49. The van der Waals surface area contributed by atoms with Crippen LogP contribution in [0.1, 0.15) is 11.1 Å². The highest BCUT2D eigenvalue weighted by Gasteiger charge is 2.12. The lowest BCUT2D eigenvalue weighted by atomic mass is 10.2. The molecule has 0 radical (unpaired) electrons. The number of rotatable bonds is 10. The van der Waals surface area contributed by atoms with E-state index in [9.17, 15) is 9.90 Å². The number of anilines is 4. The topological polar surface area (TPSA) is 157 Å². The van der Waals surface area contributed by atoms with Crippen LogP contribution in [0.3, 0.4) is 0 Å². The van der Waals surface area contributed by atoms with Gasteiger partial charge in [-0.3, -0.25) is 10.4 Å². The molecule has 13 heteroatoms. The number of nitrogens with one attached hydrogen (secondary N) is 5. The van der Waals surface area contributed by atoms with Crippen LogP contribution in [0.5, 0.6) is 11.6 Å². The SMILES string of the molecule is COc1ccc(CNc2nc(NCc3ccc(N4CCNCC4)cc3)nc(Nn3cc(O)[nH]c3=O)n2)cc1. The van der Waals surface area contributed by atoms with Crippen molar-refractivity contribution >= 4 is 23.5 Å². The molecule has 0 bridgehead atoms. The molecule has 1 aliphatic heterocycles. The third kappa shape index (κ3) is 6.31. The van der Waals surface area contributed by atoms with Gasteiger partial charge in [0.1, 0.15) is 5.75 Å². The Bertz CT molecular complexity index is 1400. The molecule has 0 aliphatic carbocycles. The Morgan fingerprint density at radius 1 is 0.895 bits per heavy atom. The maximum Gasteiger partial charge on any atom is 0.347 e. The first-order chi connectivity index (χ1) is 18.6. The first-order valence-corrected chi connectivity index (χ1v) is 12.2. The number of aromatic amines is 1. The third-order valence-electron chi connectivity index (χ3n) is 6.04. The van der Waals surface area contributed by atoms with Crippen LogP contribution in [0.4, 0.5) is 23.5 Å². The summed E-state index contributed by atoms with van der Waals surface area (Å²) in [6, 6.07) is 16.0.